The van der Waals surface area contributed by atoms with E-state index in [0.29, 0.717) is 35.9 Å². The van der Waals surface area contributed by atoms with E-state index in [2.05, 4.69) is 10.6 Å². The maximum Gasteiger partial charge on any atom is 0.306 e. The van der Waals surface area contributed by atoms with Crippen LogP contribution < -0.4 is 20.1 Å². The van der Waals surface area contributed by atoms with Gasteiger partial charge in [-0.1, -0.05) is 24.3 Å². The van der Waals surface area contributed by atoms with Crippen molar-refractivity contribution in [3.05, 3.63) is 78.4 Å². The van der Waals surface area contributed by atoms with Crippen molar-refractivity contribution in [2.45, 2.75) is 33.1 Å². The third-order valence-electron chi connectivity index (χ3n) is 4.97. The fourth-order valence-corrected chi connectivity index (χ4v) is 3.29. The van der Waals surface area contributed by atoms with Crippen LogP contribution in [0.25, 0.3) is 0 Å². The molecular weight excluding hydrogens is 460 g/mol. The normalized spacial score (nSPS) is 10.3. The molecule has 0 spiro atoms. The first-order chi connectivity index (χ1) is 17.4. The number of hydrogen-bond acceptors (Lipinski definition) is 6. The summed E-state index contributed by atoms with van der Waals surface area (Å²) in [7, 11) is 0. The maximum atomic E-state index is 12.2. The number of amides is 2. The Labute approximate surface area is 210 Å². The van der Waals surface area contributed by atoms with Crippen molar-refractivity contribution < 1.29 is 28.6 Å². The predicted molar refractivity (Wildman–Crippen MR) is 137 cm³/mol. The molecule has 36 heavy (non-hydrogen) atoms. The first-order valence-electron chi connectivity index (χ1n) is 11.7. The zero-order valence-electron chi connectivity index (χ0n) is 20.4. The second kappa shape index (κ2) is 13.5. The number of anilines is 2. The smallest absolute Gasteiger partial charge is 0.306 e. The van der Waals surface area contributed by atoms with Gasteiger partial charge in [0.25, 0.3) is 5.91 Å². The Morgan fingerprint density at radius 2 is 1.58 bits per heavy atom. The second-order valence-corrected chi connectivity index (χ2v) is 7.98. The molecule has 0 aliphatic rings. The Morgan fingerprint density at radius 3 is 2.33 bits per heavy atom. The van der Waals surface area contributed by atoms with E-state index >= 15 is 0 Å². The Kier molecular flexibility index (Phi) is 9.88. The van der Waals surface area contributed by atoms with Crippen LogP contribution in [-0.4, -0.2) is 31.0 Å². The van der Waals surface area contributed by atoms with E-state index in [1.54, 1.807) is 48.5 Å². The van der Waals surface area contributed by atoms with Crippen molar-refractivity contribution in [3.8, 4) is 17.2 Å². The molecule has 0 heterocycles. The minimum atomic E-state index is -0.548. The number of aryl methyl sites for hydroxylation is 1. The fraction of sp³-hybridized carbons (Fsp3) is 0.250. The minimum absolute atomic E-state index is 0.0273. The van der Waals surface area contributed by atoms with Crippen LogP contribution in [0.4, 0.5) is 11.4 Å². The van der Waals surface area contributed by atoms with Crippen molar-refractivity contribution >= 4 is 29.2 Å². The highest BCUT2D eigenvalue weighted by Crippen LogP contribution is 2.24. The summed E-state index contributed by atoms with van der Waals surface area (Å²) >= 11 is 0. The van der Waals surface area contributed by atoms with E-state index in [0.717, 1.165) is 11.3 Å². The van der Waals surface area contributed by atoms with Crippen LogP contribution >= 0.6 is 0 Å². The molecule has 3 aromatic carbocycles. The molecular formula is C28H30N2O6. The Balaban J connectivity index is 1.34. The first kappa shape index (κ1) is 26.3. The molecule has 0 saturated heterocycles. The molecule has 2 amide bonds. The van der Waals surface area contributed by atoms with Gasteiger partial charge in [-0.2, -0.15) is 0 Å². The van der Waals surface area contributed by atoms with Gasteiger partial charge in [0.15, 0.2) is 6.61 Å². The van der Waals surface area contributed by atoms with E-state index in [1.807, 2.05) is 38.1 Å². The molecule has 0 radical (unpaired) electrons. The van der Waals surface area contributed by atoms with E-state index in [4.69, 9.17) is 14.2 Å². The van der Waals surface area contributed by atoms with E-state index < -0.39 is 18.5 Å². The Morgan fingerprint density at radius 1 is 0.806 bits per heavy atom. The van der Waals surface area contributed by atoms with Crippen molar-refractivity contribution in [2.75, 3.05) is 23.8 Å². The molecule has 0 aromatic heterocycles. The van der Waals surface area contributed by atoms with Gasteiger partial charge in [-0.3, -0.25) is 14.4 Å². The van der Waals surface area contributed by atoms with Crippen molar-refractivity contribution in [2.24, 2.45) is 0 Å². The van der Waals surface area contributed by atoms with Gasteiger partial charge >= 0.3 is 5.97 Å². The van der Waals surface area contributed by atoms with Crippen molar-refractivity contribution in [1.29, 1.82) is 0 Å². The largest absolute Gasteiger partial charge is 0.492 e. The topological polar surface area (TPSA) is 103 Å². The highest BCUT2D eigenvalue weighted by Gasteiger charge is 2.12. The van der Waals surface area contributed by atoms with Crippen molar-refractivity contribution in [1.82, 2.24) is 0 Å². The number of para-hydroxylation sites is 2. The zero-order valence-corrected chi connectivity index (χ0v) is 20.4. The first-order valence-corrected chi connectivity index (χ1v) is 11.7. The molecule has 0 aliphatic carbocycles. The number of rotatable bonds is 12. The molecule has 0 atom stereocenters. The summed E-state index contributed by atoms with van der Waals surface area (Å²) in [6.45, 7) is 3.89. The molecule has 2 N–H and O–H groups in total. The van der Waals surface area contributed by atoms with Crippen LogP contribution in [0, 0.1) is 6.92 Å². The van der Waals surface area contributed by atoms with Gasteiger partial charge in [-0.15, -0.1) is 0 Å². The van der Waals surface area contributed by atoms with Gasteiger partial charge in [0.2, 0.25) is 5.91 Å². The van der Waals surface area contributed by atoms with E-state index in [1.165, 1.54) is 0 Å². The van der Waals surface area contributed by atoms with Crippen LogP contribution in [-0.2, 0) is 19.1 Å². The number of benzene rings is 3. The average Bonchev–Trinajstić information content (AvgIpc) is 2.85. The summed E-state index contributed by atoms with van der Waals surface area (Å²) in [6.07, 6.45) is 0.470. The minimum Gasteiger partial charge on any atom is -0.492 e. The lowest BCUT2D eigenvalue weighted by molar-refractivity contribution is -0.147. The zero-order chi connectivity index (χ0) is 25.8. The molecule has 0 unspecified atom stereocenters. The summed E-state index contributed by atoms with van der Waals surface area (Å²) in [5.41, 5.74) is 2.24. The quantitative estimate of drug-likeness (QED) is 0.326. The Hall–Kier alpha value is -4.33. The van der Waals surface area contributed by atoms with Crippen molar-refractivity contribution in [3.63, 3.8) is 0 Å². The lowest BCUT2D eigenvalue weighted by Crippen LogP contribution is -2.21. The average molecular weight is 491 g/mol. The lowest BCUT2D eigenvalue weighted by Gasteiger charge is -2.11. The molecule has 8 heteroatoms. The SMILES string of the molecule is CCOc1ccccc1NC(=O)COC(=O)CCCC(=O)Nc1ccc(Oc2cccc(C)c2)cc1. The van der Waals surface area contributed by atoms with Gasteiger partial charge in [-0.05, 0) is 74.4 Å². The predicted octanol–water partition coefficient (Wildman–Crippen LogP) is 5.48. The molecule has 0 bridgehead atoms. The molecule has 3 rings (SSSR count). The number of esters is 1. The van der Waals surface area contributed by atoms with E-state index in [9.17, 15) is 14.4 Å². The summed E-state index contributed by atoms with van der Waals surface area (Å²) < 4.78 is 16.3. The lowest BCUT2D eigenvalue weighted by atomic mass is 10.2. The highest BCUT2D eigenvalue weighted by molar-refractivity contribution is 5.94. The number of hydrogen-bond donors (Lipinski definition) is 2. The van der Waals surface area contributed by atoms with Gasteiger partial charge in [0.1, 0.15) is 17.2 Å². The summed E-state index contributed by atoms with van der Waals surface area (Å²) in [6, 6.07) is 21.8. The fourth-order valence-electron chi connectivity index (χ4n) is 3.29. The summed E-state index contributed by atoms with van der Waals surface area (Å²) in [5, 5.41) is 5.44. The van der Waals surface area contributed by atoms with Gasteiger partial charge in [0.05, 0.1) is 12.3 Å². The van der Waals surface area contributed by atoms with Gasteiger partial charge < -0.3 is 24.8 Å². The van der Waals surface area contributed by atoms with Crippen LogP contribution in [0.3, 0.4) is 0 Å². The van der Waals surface area contributed by atoms with Crippen LogP contribution in [0.5, 0.6) is 17.2 Å². The summed E-state index contributed by atoms with van der Waals surface area (Å²) in [5.74, 6) is 0.703. The molecule has 3 aromatic rings. The summed E-state index contributed by atoms with van der Waals surface area (Å²) in [4.78, 5) is 36.2. The van der Waals surface area contributed by atoms with Gasteiger partial charge in [0, 0.05) is 18.5 Å². The molecule has 0 fully saturated rings. The standard InChI is InChI=1S/C28H30N2O6/c1-3-34-25-11-5-4-10-24(25)30-27(32)19-35-28(33)13-7-12-26(31)29-21-14-16-22(17-15-21)36-23-9-6-8-20(2)18-23/h4-6,8-11,14-18H,3,7,12-13,19H2,1-2H3,(H,29,31)(H,30,32). The monoisotopic (exact) mass is 490 g/mol. The number of ether oxygens (including phenoxy) is 3. The maximum absolute atomic E-state index is 12.2. The molecule has 0 saturated carbocycles. The highest BCUT2D eigenvalue weighted by atomic mass is 16.5. The molecule has 8 nitrogen and oxygen atoms in total. The third-order valence-corrected chi connectivity index (χ3v) is 4.97. The number of carbonyl (C=O) groups is 3. The van der Waals surface area contributed by atoms with E-state index in [-0.39, 0.29) is 18.7 Å². The number of nitrogens with one attached hydrogen (secondary N) is 2. The van der Waals surface area contributed by atoms with Crippen LogP contribution in [0.1, 0.15) is 31.7 Å². The Bertz CT molecular complexity index is 1180. The second-order valence-electron chi connectivity index (χ2n) is 7.98. The molecule has 0 aliphatic heterocycles. The third kappa shape index (κ3) is 8.79. The van der Waals surface area contributed by atoms with Crippen LogP contribution in [0.2, 0.25) is 0 Å². The molecule has 188 valence electrons. The van der Waals surface area contributed by atoms with Crippen LogP contribution in [0.15, 0.2) is 72.8 Å². The van der Waals surface area contributed by atoms with Gasteiger partial charge in [-0.25, -0.2) is 0 Å². The number of carbonyl (C=O) groups excluding carboxylic acids is 3.